The molecule has 2 N–H and O–H groups in total. The van der Waals surface area contributed by atoms with Crippen LogP contribution in [0, 0.1) is 19.8 Å². The summed E-state index contributed by atoms with van der Waals surface area (Å²) < 4.78 is 5.35. The molecule has 0 aliphatic heterocycles. The molecule has 1 aromatic carbocycles. The minimum atomic E-state index is 0.433. The summed E-state index contributed by atoms with van der Waals surface area (Å²) >= 11 is 0. The van der Waals surface area contributed by atoms with Crippen molar-refractivity contribution in [3.05, 3.63) is 23.3 Å². The SMILES string of the molecule is COc1cc(C)c(N(C)CC2CC(N)C2)cc1C. The Hall–Kier alpha value is -1.22. The number of nitrogens with two attached hydrogens (primary N) is 1. The van der Waals surface area contributed by atoms with Crippen molar-refractivity contribution in [3.63, 3.8) is 0 Å². The molecule has 0 amide bonds. The van der Waals surface area contributed by atoms with Crippen LogP contribution >= 0.6 is 0 Å². The van der Waals surface area contributed by atoms with Crippen LogP contribution in [0.2, 0.25) is 0 Å². The van der Waals surface area contributed by atoms with Gasteiger partial charge in [0.2, 0.25) is 0 Å². The number of hydrogen-bond donors (Lipinski definition) is 1. The maximum Gasteiger partial charge on any atom is 0.122 e. The van der Waals surface area contributed by atoms with Crippen LogP contribution < -0.4 is 15.4 Å². The lowest BCUT2D eigenvalue weighted by Gasteiger charge is -2.36. The molecule has 1 aromatic rings. The minimum Gasteiger partial charge on any atom is -0.496 e. The van der Waals surface area contributed by atoms with E-state index < -0.39 is 0 Å². The number of nitrogens with zero attached hydrogens (tertiary/aromatic N) is 1. The lowest BCUT2D eigenvalue weighted by atomic mass is 9.80. The zero-order chi connectivity index (χ0) is 13.3. The second-order valence-corrected chi connectivity index (χ2v) is 5.59. The van der Waals surface area contributed by atoms with E-state index in [0.717, 1.165) is 18.2 Å². The Morgan fingerprint density at radius 2 is 1.94 bits per heavy atom. The summed E-state index contributed by atoms with van der Waals surface area (Å²) in [5, 5.41) is 0. The molecule has 3 heteroatoms. The van der Waals surface area contributed by atoms with E-state index in [9.17, 15) is 0 Å². The molecule has 1 saturated carbocycles. The summed E-state index contributed by atoms with van der Waals surface area (Å²) in [6.45, 7) is 5.33. The summed E-state index contributed by atoms with van der Waals surface area (Å²) in [6.07, 6.45) is 2.33. The van der Waals surface area contributed by atoms with Crippen LogP contribution in [0.15, 0.2) is 12.1 Å². The van der Waals surface area contributed by atoms with Gasteiger partial charge in [0.1, 0.15) is 5.75 Å². The Labute approximate surface area is 110 Å². The van der Waals surface area contributed by atoms with E-state index in [-0.39, 0.29) is 0 Å². The number of aryl methyl sites for hydroxylation is 2. The molecule has 0 heterocycles. The number of benzene rings is 1. The topological polar surface area (TPSA) is 38.5 Å². The highest BCUT2D eigenvalue weighted by Gasteiger charge is 2.27. The summed E-state index contributed by atoms with van der Waals surface area (Å²) in [6, 6.07) is 4.77. The molecular formula is C15H24N2O. The maximum atomic E-state index is 5.84. The van der Waals surface area contributed by atoms with Gasteiger partial charge in [0.15, 0.2) is 0 Å². The van der Waals surface area contributed by atoms with Crippen molar-refractivity contribution in [3.8, 4) is 5.75 Å². The molecule has 0 spiro atoms. The smallest absolute Gasteiger partial charge is 0.122 e. The maximum absolute atomic E-state index is 5.84. The van der Waals surface area contributed by atoms with Crippen molar-refractivity contribution in [2.75, 3.05) is 25.6 Å². The van der Waals surface area contributed by atoms with Crippen LogP contribution in [-0.2, 0) is 0 Å². The summed E-state index contributed by atoms with van der Waals surface area (Å²) in [5.74, 6) is 1.72. The molecule has 1 aliphatic carbocycles. The molecule has 18 heavy (non-hydrogen) atoms. The summed E-state index contributed by atoms with van der Waals surface area (Å²) in [7, 11) is 3.89. The molecule has 1 fully saturated rings. The first kappa shape index (κ1) is 13.2. The van der Waals surface area contributed by atoms with E-state index >= 15 is 0 Å². The fraction of sp³-hybridized carbons (Fsp3) is 0.600. The van der Waals surface area contributed by atoms with Gasteiger partial charge >= 0.3 is 0 Å². The van der Waals surface area contributed by atoms with Crippen LogP contribution in [0.3, 0.4) is 0 Å². The lowest BCUT2D eigenvalue weighted by Crippen LogP contribution is -2.42. The molecule has 3 nitrogen and oxygen atoms in total. The van der Waals surface area contributed by atoms with Gasteiger partial charge in [0.05, 0.1) is 7.11 Å². The van der Waals surface area contributed by atoms with Gasteiger partial charge in [0, 0.05) is 25.3 Å². The van der Waals surface area contributed by atoms with E-state index in [4.69, 9.17) is 10.5 Å². The number of anilines is 1. The standard InChI is InChI=1S/C15H24N2O/c1-10-6-15(18-4)11(2)5-14(10)17(3)9-12-7-13(16)8-12/h5-6,12-13H,7-9,16H2,1-4H3. The summed E-state index contributed by atoms with van der Waals surface area (Å²) in [5.41, 5.74) is 9.60. The first-order valence-electron chi connectivity index (χ1n) is 6.63. The number of rotatable bonds is 4. The molecular weight excluding hydrogens is 224 g/mol. The van der Waals surface area contributed by atoms with Crippen LogP contribution in [0.1, 0.15) is 24.0 Å². The van der Waals surface area contributed by atoms with Gasteiger partial charge in [-0.25, -0.2) is 0 Å². The molecule has 0 radical (unpaired) electrons. The monoisotopic (exact) mass is 248 g/mol. The molecule has 100 valence electrons. The molecule has 0 unspecified atom stereocenters. The normalized spacial score (nSPS) is 22.5. The van der Waals surface area contributed by atoms with Crippen LogP contribution in [0.4, 0.5) is 5.69 Å². The predicted molar refractivity (Wildman–Crippen MR) is 76.4 cm³/mol. The molecule has 0 bridgehead atoms. The first-order valence-corrected chi connectivity index (χ1v) is 6.63. The first-order chi connectivity index (χ1) is 8.51. The van der Waals surface area contributed by atoms with E-state index in [1.165, 1.54) is 29.7 Å². The van der Waals surface area contributed by atoms with E-state index in [0.29, 0.717) is 6.04 Å². The average Bonchev–Trinajstić information content (AvgIpc) is 2.29. The Balaban J connectivity index is 2.09. The molecule has 2 rings (SSSR count). The van der Waals surface area contributed by atoms with Crippen molar-refractivity contribution in [1.29, 1.82) is 0 Å². The Morgan fingerprint density at radius 1 is 1.28 bits per heavy atom. The average molecular weight is 248 g/mol. The highest BCUT2D eigenvalue weighted by Crippen LogP contribution is 2.31. The van der Waals surface area contributed by atoms with Crippen molar-refractivity contribution < 1.29 is 4.74 Å². The van der Waals surface area contributed by atoms with Gasteiger partial charge in [-0.05, 0) is 55.9 Å². The summed E-state index contributed by atoms with van der Waals surface area (Å²) in [4.78, 5) is 2.35. The zero-order valence-corrected chi connectivity index (χ0v) is 11.9. The number of ether oxygens (including phenoxy) is 1. The van der Waals surface area contributed by atoms with Gasteiger partial charge in [-0.15, -0.1) is 0 Å². The predicted octanol–water partition coefficient (Wildman–Crippen LogP) is 2.49. The van der Waals surface area contributed by atoms with Crippen LogP contribution in [0.5, 0.6) is 5.75 Å². The third-order valence-electron chi connectivity index (χ3n) is 3.93. The molecule has 1 aliphatic rings. The molecule has 0 saturated heterocycles. The lowest BCUT2D eigenvalue weighted by molar-refractivity contribution is 0.271. The number of methoxy groups -OCH3 is 1. The largest absolute Gasteiger partial charge is 0.496 e. The Bertz CT molecular complexity index is 425. The quantitative estimate of drug-likeness (QED) is 0.889. The van der Waals surface area contributed by atoms with Crippen molar-refractivity contribution >= 4 is 5.69 Å². The fourth-order valence-electron chi connectivity index (χ4n) is 2.83. The Morgan fingerprint density at radius 3 is 2.50 bits per heavy atom. The second kappa shape index (κ2) is 5.19. The minimum absolute atomic E-state index is 0.433. The van der Waals surface area contributed by atoms with Crippen LogP contribution in [0.25, 0.3) is 0 Å². The third-order valence-corrected chi connectivity index (χ3v) is 3.93. The van der Waals surface area contributed by atoms with Crippen molar-refractivity contribution in [2.24, 2.45) is 11.7 Å². The van der Waals surface area contributed by atoms with Gasteiger partial charge in [-0.1, -0.05) is 0 Å². The van der Waals surface area contributed by atoms with Gasteiger partial charge < -0.3 is 15.4 Å². The molecule has 0 atom stereocenters. The number of hydrogen-bond acceptors (Lipinski definition) is 3. The fourth-order valence-corrected chi connectivity index (χ4v) is 2.83. The highest BCUT2D eigenvalue weighted by atomic mass is 16.5. The van der Waals surface area contributed by atoms with E-state index in [2.05, 4.69) is 37.9 Å². The van der Waals surface area contributed by atoms with Crippen molar-refractivity contribution in [1.82, 2.24) is 0 Å². The Kier molecular flexibility index (Phi) is 3.81. The van der Waals surface area contributed by atoms with Gasteiger partial charge in [-0.3, -0.25) is 0 Å². The van der Waals surface area contributed by atoms with Crippen molar-refractivity contribution in [2.45, 2.75) is 32.7 Å². The second-order valence-electron chi connectivity index (χ2n) is 5.59. The zero-order valence-electron chi connectivity index (χ0n) is 11.9. The van der Waals surface area contributed by atoms with Crippen LogP contribution in [-0.4, -0.2) is 26.7 Å². The van der Waals surface area contributed by atoms with E-state index in [1.54, 1.807) is 7.11 Å². The van der Waals surface area contributed by atoms with E-state index in [1.807, 2.05) is 0 Å². The van der Waals surface area contributed by atoms with Gasteiger partial charge in [0.25, 0.3) is 0 Å². The highest BCUT2D eigenvalue weighted by molar-refractivity contribution is 5.58. The van der Waals surface area contributed by atoms with Gasteiger partial charge in [-0.2, -0.15) is 0 Å². The third kappa shape index (κ3) is 2.61. The molecule has 0 aromatic heterocycles.